The zero-order valence-electron chi connectivity index (χ0n) is 17.4. The van der Waals surface area contributed by atoms with Crippen molar-refractivity contribution in [3.63, 3.8) is 0 Å². The predicted molar refractivity (Wildman–Crippen MR) is 118 cm³/mol. The minimum absolute atomic E-state index is 0.225. The van der Waals surface area contributed by atoms with E-state index in [-0.39, 0.29) is 12.0 Å². The highest BCUT2D eigenvalue weighted by Crippen LogP contribution is 2.20. The van der Waals surface area contributed by atoms with Crippen molar-refractivity contribution in [1.82, 2.24) is 9.88 Å². The summed E-state index contributed by atoms with van der Waals surface area (Å²) in [6, 6.07) is 18.4. The third-order valence-corrected chi connectivity index (χ3v) is 5.77. The Kier molecular flexibility index (Phi) is 7.16. The van der Waals surface area contributed by atoms with E-state index in [0.717, 1.165) is 37.9 Å². The number of likely N-dealkylation sites (tertiary alicyclic amines) is 1. The van der Waals surface area contributed by atoms with Crippen molar-refractivity contribution < 1.29 is 14.3 Å². The lowest BCUT2D eigenvalue weighted by molar-refractivity contribution is -0.134. The van der Waals surface area contributed by atoms with Crippen LogP contribution in [0.2, 0.25) is 0 Å². The number of hydrogen-bond donors (Lipinski definition) is 1. The third kappa shape index (κ3) is 5.49. The molecule has 158 valence electrons. The maximum absolute atomic E-state index is 12.6. The summed E-state index contributed by atoms with van der Waals surface area (Å²) in [7, 11) is 0. The molecule has 30 heavy (non-hydrogen) atoms. The minimum atomic E-state index is 0.225. The number of nitrogens with one attached hydrogen (secondary N) is 1. The second-order valence-electron chi connectivity index (χ2n) is 7.85. The van der Waals surface area contributed by atoms with Gasteiger partial charge in [0.25, 0.3) is 0 Å². The largest absolute Gasteiger partial charge is 0.376 e. The van der Waals surface area contributed by atoms with Crippen LogP contribution in [-0.2, 0) is 27.3 Å². The lowest BCUT2D eigenvalue weighted by Crippen LogP contribution is -2.41. The molecular formula is C25H30N2O3. The van der Waals surface area contributed by atoms with Crippen LogP contribution in [0.5, 0.6) is 0 Å². The summed E-state index contributed by atoms with van der Waals surface area (Å²) in [6.07, 6.45) is 5.38. The number of H-pyrrole nitrogens is 1. The van der Waals surface area contributed by atoms with Crippen molar-refractivity contribution in [2.45, 2.75) is 38.4 Å². The summed E-state index contributed by atoms with van der Waals surface area (Å²) in [5, 5.41) is 1.21. The van der Waals surface area contributed by atoms with E-state index in [1.54, 1.807) is 0 Å². The molecule has 0 atom stereocenters. The molecule has 0 unspecified atom stereocenters. The van der Waals surface area contributed by atoms with E-state index in [2.05, 4.69) is 29.2 Å². The first kappa shape index (κ1) is 20.6. The molecule has 5 heteroatoms. The molecular weight excluding hydrogens is 376 g/mol. The van der Waals surface area contributed by atoms with Crippen molar-refractivity contribution in [3.8, 4) is 0 Å². The maximum atomic E-state index is 12.6. The van der Waals surface area contributed by atoms with Gasteiger partial charge in [-0.2, -0.15) is 0 Å². The summed E-state index contributed by atoms with van der Waals surface area (Å²) in [5.74, 6) is 0.241. The normalized spacial score (nSPS) is 15.0. The molecule has 0 aliphatic carbocycles. The van der Waals surface area contributed by atoms with Gasteiger partial charge >= 0.3 is 0 Å². The third-order valence-electron chi connectivity index (χ3n) is 5.77. The fourth-order valence-electron chi connectivity index (χ4n) is 4.05. The molecule has 2 aromatic carbocycles. The van der Waals surface area contributed by atoms with Gasteiger partial charge in [0.1, 0.15) is 0 Å². The van der Waals surface area contributed by atoms with E-state index in [4.69, 9.17) is 9.47 Å². The van der Waals surface area contributed by atoms with Crippen LogP contribution in [0.4, 0.5) is 0 Å². The number of amides is 1. The Balaban J connectivity index is 1.12. The van der Waals surface area contributed by atoms with Gasteiger partial charge in [0, 0.05) is 36.6 Å². The van der Waals surface area contributed by atoms with E-state index < -0.39 is 0 Å². The first-order valence-electron chi connectivity index (χ1n) is 10.9. The standard InChI is InChI=1S/C25H30N2O3/c28-25(11-10-21-18-26-24-9-5-4-8-23(21)24)27-14-12-22(13-15-27)30-17-16-29-19-20-6-2-1-3-7-20/h1-9,18,22,26H,10-17,19H2. The Hall–Kier alpha value is -2.63. The number of benzene rings is 2. The number of carbonyl (C=O) groups is 1. The van der Waals surface area contributed by atoms with Crippen molar-refractivity contribution in [2.24, 2.45) is 0 Å². The fraction of sp³-hybridized carbons (Fsp3) is 0.400. The molecule has 1 saturated heterocycles. The summed E-state index contributed by atoms with van der Waals surface area (Å²) in [5.41, 5.74) is 3.52. The summed E-state index contributed by atoms with van der Waals surface area (Å²) < 4.78 is 11.6. The van der Waals surface area contributed by atoms with Gasteiger partial charge in [-0.05, 0) is 36.5 Å². The Morgan fingerprint density at radius 2 is 1.77 bits per heavy atom. The Labute approximate surface area is 178 Å². The molecule has 1 fully saturated rings. The second kappa shape index (κ2) is 10.4. The lowest BCUT2D eigenvalue weighted by atomic mass is 10.1. The number of hydrogen-bond acceptors (Lipinski definition) is 3. The van der Waals surface area contributed by atoms with Gasteiger partial charge < -0.3 is 19.4 Å². The number of nitrogens with zero attached hydrogens (tertiary/aromatic N) is 1. The number of piperidine rings is 1. The number of aromatic nitrogens is 1. The molecule has 0 spiro atoms. The average molecular weight is 407 g/mol. The Morgan fingerprint density at radius 3 is 2.60 bits per heavy atom. The zero-order chi connectivity index (χ0) is 20.6. The quantitative estimate of drug-likeness (QED) is 0.538. The van der Waals surface area contributed by atoms with E-state index >= 15 is 0 Å². The second-order valence-corrected chi connectivity index (χ2v) is 7.85. The lowest BCUT2D eigenvalue weighted by Gasteiger charge is -2.32. The van der Waals surface area contributed by atoms with Crippen LogP contribution in [-0.4, -0.2) is 48.2 Å². The highest BCUT2D eigenvalue weighted by molar-refractivity contribution is 5.84. The molecule has 0 radical (unpaired) electrons. The number of aryl methyl sites for hydroxylation is 1. The number of fused-ring (bicyclic) bond motifs is 1. The van der Waals surface area contributed by atoms with Crippen molar-refractivity contribution >= 4 is 16.8 Å². The first-order valence-corrected chi connectivity index (χ1v) is 10.9. The molecule has 0 saturated carbocycles. The average Bonchev–Trinajstić information content (AvgIpc) is 3.21. The van der Waals surface area contributed by atoms with Crippen molar-refractivity contribution in [3.05, 3.63) is 71.9 Å². The van der Waals surface area contributed by atoms with E-state index in [9.17, 15) is 4.79 Å². The minimum Gasteiger partial charge on any atom is -0.376 e. The molecule has 1 aliphatic rings. The number of carbonyl (C=O) groups excluding carboxylic acids is 1. The Morgan fingerprint density at radius 1 is 1.00 bits per heavy atom. The molecule has 1 aromatic heterocycles. The van der Waals surface area contributed by atoms with Gasteiger partial charge in [0.05, 0.1) is 25.9 Å². The van der Waals surface area contributed by atoms with Gasteiger partial charge in [-0.3, -0.25) is 4.79 Å². The van der Waals surface area contributed by atoms with Gasteiger partial charge in [0.2, 0.25) is 5.91 Å². The smallest absolute Gasteiger partial charge is 0.222 e. The number of para-hydroxylation sites is 1. The van der Waals surface area contributed by atoms with Crippen LogP contribution in [0.3, 0.4) is 0 Å². The number of aromatic amines is 1. The molecule has 1 N–H and O–H groups in total. The van der Waals surface area contributed by atoms with Gasteiger partial charge in [-0.1, -0.05) is 48.5 Å². The van der Waals surface area contributed by atoms with E-state index in [1.165, 1.54) is 16.5 Å². The molecule has 4 rings (SSSR count). The topological polar surface area (TPSA) is 54.6 Å². The number of rotatable bonds is 9. The SMILES string of the molecule is O=C(CCc1c[nH]c2ccccc12)N1CCC(OCCOCc2ccccc2)CC1. The molecule has 1 amide bonds. The summed E-state index contributed by atoms with van der Waals surface area (Å²) in [4.78, 5) is 17.9. The zero-order valence-corrected chi connectivity index (χ0v) is 17.4. The van der Waals surface area contributed by atoms with Crippen LogP contribution in [0.25, 0.3) is 10.9 Å². The monoisotopic (exact) mass is 406 g/mol. The molecule has 2 heterocycles. The van der Waals surface area contributed by atoms with E-state index in [0.29, 0.717) is 26.2 Å². The van der Waals surface area contributed by atoms with Crippen molar-refractivity contribution in [1.29, 1.82) is 0 Å². The highest BCUT2D eigenvalue weighted by Gasteiger charge is 2.23. The molecule has 0 bridgehead atoms. The summed E-state index contributed by atoms with van der Waals surface area (Å²) >= 11 is 0. The first-order chi connectivity index (χ1) is 14.8. The van der Waals surface area contributed by atoms with Crippen LogP contribution in [0.15, 0.2) is 60.8 Å². The van der Waals surface area contributed by atoms with Crippen LogP contribution in [0.1, 0.15) is 30.4 Å². The van der Waals surface area contributed by atoms with E-state index in [1.807, 2.05) is 41.4 Å². The molecule has 5 nitrogen and oxygen atoms in total. The predicted octanol–water partition coefficient (Wildman–Crippen LogP) is 4.32. The molecule has 3 aromatic rings. The fourth-order valence-corrected chi connectivity index (χ4v) is 4.05. The maximum Gasteiger partial charge on any atom is 0.222 e. The molecule has 1 aliphatic heterocycles. The van der Waals surface area contributed by atoms with Crippen molar-refractivity contribution in [2.75, 3.05) is 26.3 Å². The van der Waals surface area contributed by atoms with Crippen LogP contribution in [0, 0.1) is 0 Å². The van der Waals surface area contributed by atoms with Crippen LogP contribution >= 0.6 is 0 Å². The van der Waals surface area contributed by atoms with Gasteiger partial charge in [0.15, 0.2) is 0 Å². The van der Waals surface area contributed by atoms with Crippen LogP contribution < -0.4 is 0 Å². The van der Waals surface area contributed by atoms with Gasteiger partial charge in [-0.25, -0.2) is 0 Å². The number of ether oxygens (including phenoxy) is 2. The van der Waals surface area contributed by atoms with Gasteiger partial charge in [-0.15, -0.1) is 0 Å². The summed E-state index contributed by atoms with van der Waals surface area (Å²) in [6.45, 7) is 3.38. The Bertz CT molecular complexity index is 930. The highest BCUT2D eigenvalue weighted by atomic mass is 16.5.